The largest absolute Gasteiger partial charge is 0.366 e. The van der Waals surface area contributed by atoms with Gasteiger partial charge in [0.15, 0.2) is 0 Å². The molecule has 2 heteroatoms. The summed E-state index contributed by atoms with van der Waals surface area (Å²) in [5, 5.41) is 0. The molecular weight excluding hydrogens is 258 g/mol. The molecule has 1 unspecified atom stereocenters. The van der Waals surface area contributed by atoms with E-state index in [1.54, 1.807) is 0 Å². The average Bonchev–Trinajstić information content (AvgIpc) is 2.45. The van der Waals surface area contributed by atoms with Gasteiger partial charge in [0.2, 0.25) is 5.91 Å². The first-order chi connectivity index (χ1) is 9.87. The summed E-state index contributed by atoms with van der Waals surface area (Å²) in [6.45, 7) is 12.9. The zero-order chi connectivity index (χ0) is 16.4. The zero-order valence-electron chi connectivity index (χ0n) is 14.8. The summed E-state index contributed by atoms with van der Waals surface area (Å²) in [6.07, 6.45) is 9.36. The summed E-state index contributed by atoms with van der Waals surface area (Å²) in [5.74, 6) is 0.325. The minimum atomic E-state index is -0.332. The molecule has 1 amide bonds. The highest BCUT2D eigenvalue weighted by molar-refractivity contribution is 5.95. The maximum Gasteiger partial charge on any atom is 0.248 e. The second kappa shape index (κ2) is 10.4. The predicted molar refractivity (Wildman–Crippen MR) is 93.0 cm³/mol. The quantitative estimate of drug-likeness (QED) is 0.454. The van der Waals surface area contributed by atoms with Crippen LogP contribution in [0, 0.1) is 5.92 Å². The van der Waals surface area contributed by atoms with E-state index in [0.717, 1.165) is 31.3 Å². The van der Waals surface area contributed by atoms with Gasteiger partial charge in [0, 0.05) is 5.57 Å². The number of allylic oxidation sites excluding steroid dienone is 4. The Bertz CT molecular complexity index is 427. The molecule has 0 bridgehead atoms. The third-order valence-electron chi connectivity index (χ3n) is 4.15. The average molecular weight is 291 g/mol. The molecular formula is C19H33NO. The van der Waals surface area contributed by atoms with Crippen molar-refractivity contribution in [2.45, 2.75) is 73.6 Å². The molecule has 0 rings (SSSR count). The second-order valence-corrected chi connectivity index (χ2v) is 6.02. The van der Waals surface area contributed by atoms with Crippen molar-refractivity contribution < 1.29 is 4.79 Å². The minimum absolute atomic E-state index is 0.332. The van der Waals surface area contributed by atoms with E-state index in [1.807, 2.05) is 19.9 Å². The van der Waals surface area contributed by atoms with Gasteiger partial charge in [-0.05, 0) is 50.7 Å². The molecule has 0 aromatic carbocycles. The Morgan fingerprint density at radius 2 is 1.71 bits per heavy atom. The van der Waals surface area contributed by atoms with Gasteiger partial charge in [-0.15, -0.1) is 0 Å². The van der Waals surface area contributed by atoms with Crippen molar-refractivity contribution in [1.29, 1.82) is 0 Å². The van der Waals surface area contributed by atoms with Crippen LogP contribution in [-0.4, -0.2) is 5.91 Å². The SMILES string of the molecule is CCC/C(C)=C(/C=C\C(C(N)=O)=C(/C)CC)CC(C)CC. The van der Waals surface area contributed by atoms with Gasteiger partial charge in [-0.3, -0.25) is 4.79 Å². The fourth-order valence-electron chi connectivity index (χ4n) is 2.25. The second-order valence-electron chi connectivity index (χ2n) is 6.02. The van der Waals surface area contributed by atoms with E-state index in [9.17, 15) is 4.79 Å². The molecule has 0 heterocycles. The van der Waals surface area contributed by atoms with E-state index in [1.165, 1.54) is 17.6 Å². The van der Waals surface area contributed by atoms with E-state index >= 15 is 0 Å². The van der Waals surface area contributed by atoms with Gasteiger partial charge < -0.3 is 5.73 Å². The van der Waals surface area contributed by atoms with Crippen molar-refractivity contribution in [2.75, 3.05) is 0 Å². The van der Waals surface area contributed by atoms with Crippen molar-refractivity contribution in [3.05, 3.63) is 34.4 Å². The van der Waals surface area contributed by atoms with Crippen LogP contribution in [0.4, 0.5) is 0 Å². The zero-order valence-corrected chi connectivity index (χ0v) is 14.8. The number of amides is 1. The van der Waals surface area contributed by atoms with Crippen molar-refractivity contribution >= 4 is 5.91 Å². The lowest BCUT2D eigenvalue weighted by atomic mass is 9.93. The predicted octanol–water partition coefficient (Wildman–Crippen LogP) is 5.31. The fourth-order valence-corrected chi connectivity index (χ4v) is 2.25. The van der Waals surface area contributed by atoms with Gasteiger partial charge in [-0.2, -0.15) is 0 Å². The summed E-state index contributed by atoms with van der Waals surface area (Å²) in [7, 11) is 0. The monoisotopic (exact) mass is 291 g/mol. The van der Waals surface area contributed by atoms with Gasteiger partial charge in [-0.25, -0.2) is 0 Å². The number of primary amides is 1. The minimum Gasteiger partial charge on any atom is -0.366 e. The van der Waals surface area contributed by atoms with Gasteiger partial charge in [0.1, 0.15) is 0 Å². The van der Waals surface area contributed by atoms with Crippen LogP contribution in [0.2, 0.25) is 0 Å². The van der Waals surface area contributed by atoms with E-state index in [4.69, 9.17) is 5.73 Å². The number of hydrogen-bond donors (Lipinski definition) is 1. The van der Waals surface area contributed by atoms with Gasteiger partial charge in [0.05, 0.1) is 0 Å². The first-order valence-electron chi connectivity index (χ1n) is 8.23. The molecule has 0 aliphatic carbocycles. The van der Waals surface area contributed by atoms with Crippen LogP contribution < -0.4 is 5.73 Å². The van der Waals surface area contributed by atoms with Crippen LogP contribution in [0.25, 0.3) is 0 Å². The van der Waals surface area contributed by atoms with Gasteiger partial charge in [-0.1, -0.05) is 57.8 Å². The maximum absolute atomic E-state index is 11.6. The van der Waals surface area contributed by atoms with Crippen molar-refractivity contribution in [3.63, 3.8) is 0 Å². The van der Waals surface area contributed by atoms with Crippen molar-refractivity contribution in [1.82, 2.24) is 0 Å². The molecule has 120 valence electrons. The van der Waals surface area contributed by atoms with Crippen molar-refractivity contribution in [2.24, 2.45) is 11.7 Å². The van der Waals surface area contributed by atoms with E-state index in [0.29, 0.717) is 11.5 Å². The smallest absolute Gasteiger partial charge is 0.248 e. The van der Waals surface area contributed by atoms with Crippen LogP contribution >= 0.6 is 0 Å². The van der Waals surface area contributed by atoms with E-state index in [-0.39, 0.29) is 5.91 Å². The molecule has 0 aromatic heterocycles. The Balaban J connectivity index is 5.42. The standard InChI is InChI=1S/C19H33NO/c1-7-10-16(6)17(13-14(4)8-2)11-12-18(19(20)21)15(5)9-3/h11-12,14H,7-10,13H2,1-6H3,(H2,20,21)/b12-11-,17-16-,18-15-. The molecule has 0 radical (unpaired) electrons. The van der Waals surface area contributed by atoms with Crippen LogP contribution in [-0.2, 0) is 4.79 Å². The van der Waals surface area contributed by atoms with E-state index in [2.05, 4.69) is 33.8 Å². The van der Waals surface area contributed by atoms with Crippen LogP contribution in [0.3, 0.4) is 0 Å². The number of hydrogen-bond acceptors (Lipinski definition) is 1. The number of rotatable bonds is 9. The lowest BCUT2D eigenvalue weighted by molar-refractivity contribution is -0.114. The molecule has 0 aliphatic heterocycles. The molecule has 0 spiro atoms. The number of nitrogens with two attached hydrogens (primary N) is 1. The lowest BCUT2D eigenvalue weighted by Crippen LogP contribution is -2.14. The number of carbonyl (C=O) groups is 1. The number of carbonyl (C=O) groups excluding carboxylic acids is 1. The molecule has 0 aromatic rings. The summed E-state index contributed by atoms with van der Waals surface area (Å²) in [4.78, 5) is 11.6. The summed E-state index contributed by atoms with van der Waals surface area (Å²) >= 11 is 0. The highest BCUT2D eigenvalue weighted by Crippen LogP contribution is 2.22. The molecule has 0 saturated carbocycles. The summed E-state index contributed by atoms with van der Waals surface area (Å²) < 4.78 is 0. The van der Waals surface area contributed by atoms with Crippen LogP contribution in [0.15, 0.2) is 34.4 Å². The van der Waals surface area contributed by atoms with E-state index < -0.39 is 0 Å². The summed E-state index contributed by atoms with van der Waals surface area (Å²) in [5.41, 5.74) is 9.98. The van der Waals surface area contributed by atoms with Gasteiger partial charge >= 0.3 is 0 Å². The summed E-state index contributed by atoms with van der Waals surface area (Å²) in [6, 6.07) is 0. The first-order valence-corrected chi connectivity index (χ1v) is 8.23. The first kappa shape index (κ1) is 19.7. The van der Waals surface area contributed by atoms with Gasteiger partial charge in [0.25, 0.3) is 0 Å². The third kappa shape index (κ3) is 7.31. The Hall–Kier alpha value is -1.31. The molecule has 21 heavy (non-hydrogen) atoms. The Kier molecular flexibility index (Phi) is 9.77. The Morgan fingerprint density at radius 3 is 2.14 bits per heavy atom. The topological polar surface area (TPSA) is 43.1 Å². The molecule has 2 nitrogen and oxygen atoms in total. The van der Waals surface area contributed by atoms with Crippen LogP contribution in [0.1, 0.15) is 73.6 Å². The fraction of sp³-hybridized carbons (Fsp3) is 0.632. The molecule has 2 N–H and O–H groups in total. The Labute approximate surface area is 131 Å². The molecule has 0 aliphatic rings. The molecule has 0 saturated heterocycles. The highest BCUT2D eigenvalue weighted by Gasteiger charge is 2.08. The lowest BCUT2D eigenvalue weighted by Gasteiger charge is -2.13. The normalized spacial score (nSPS) is 15.7. The molecule has 1 atom stereocenters. The third-order valence-corrected chi connectivity index (χ3v) is 4.15. The molecule has 0 fully saturated rings. The maximum atomic E-state index is 11.6. The Morgan fingerprint density at radius 1 is 1.10 bits per heavy atom. The van der Waals surface area contributed by atoms with Crippen LogP contribution in [0.5, 0.6) is 0 Å². The van der Waals surface area contributed by atoms with Crippen molar-refractivity contribution in [3.8, 4) is 0 Å². The highest BCUT2D eigenvalue weighted by atomic mass is 16.1.